The van der Waals surface area contributed by atoms with Crippen molar-refractivity contribution in [3.05, 3.63) is 29.3 Å². The van der Waals surface area contributed by atoms with E-state index >= 15 is 0 Å². The minimum absolute atomic E-state index is 0.297. The van der Waals surface area contributed by atoms with Crippen LogP contribution in [0.1, 0.15) is 11.1 Å². The lowest BCUT2D eigenvalue weighted by molar-refractivity contribution is 0.183. The molecule has 14 heavy (non-hydrogen) atoms. The molecule has 0 bridgehead atoms. The summed E-state index contributed by atoms with van der Waals surface area (Å²) >= 11 is 0. The van der Waals surface area contributed by atoms with E-state index in [-0.39, 0.29) is 0 Å². The second-order valence-corrected chi connectivity index (χ2v) is 3.40. The fourth-order valence-electron chi connectivity index (χ4n) is 1.42. The summed E-state index contributed by atoms with van der Waals surface area (Å²) in [6.07, 6.45) is 0.143. The molecule has 1 unspecified atom stereocenters. The maximum atomic E-state index is 9.37. The van der Waals surface area contributed by atoms with Crippen molar-refractivity contribution in [1.82, 2.24) is 0 Å². The van der Waals surface area contributed by atoms with Gasteiger partial charge in [0.05, 0.1) is 13.2 Å². The van der Waals surface area contributed by atoms with Crippen molar-refractivity contribution < 1.29 is 9.84 Å². The van der Waals surface area contributed by atoms with E-state index in [2.05, 4.69) is 0 Å². The Kier molecular flexibility index (Phi) is 3.92. The van der Waals surface area contributed by atoms with Crippen LogP contribution in [-0.4, -0.2) is 24.9 Å². The lowest BCUT2D eigenvalue weighted by atomic mass is 10.0. The van der Waals surface area contributed by atoms with Crippen LogP contribution in [0.25, 0.3) is 0 Å². The van der Waals surface area contributed by atoms with Gasteiger partial charge in [0.25, 0.3) is 0 Å². The maximum Gasteiger partial charge on any atom is 0.121 e. The molecular weight excluding hydrogens is 178 g/mol. The van der Waals surface area contributed by atoms with E-state index in [9.17, 15) is 5.11 Å². The average molecular weight is 195 g/mol. The molecular formula is C11H17NO2. The van der Waals surface area contributed by atoms with Gasteiger partial charge in [0.1, 0.15) is 5.75 Å². The molecule has 0 saturated heterocycles. The van der Waals surface area contributed by atoms with Crippen LogP contribution in [0.5, 0.6) is 5.75 Å². The molecule has 0 aliphatic rings. The van der Waals surface area contributed by atoms with Crippen molar-refractivity contribution >= 4 is 0 Å². The first-order chi connectivity index (χ1) is 6.67. The molecule has 0 radical (unpaired) electrons. The van der Waals surface area contributed by atoms with Crippen LogP contribution in [0.15, 0.2) is 18.2 Å². The minimum Gasteiger partial charge on any atom is -0.496 e. The molecule has 0 amide bonds. The van der Waals surface area contributed by atoms with E-state index in [1.807, 2.05) is 25.1 Å². The van der Waals surface area contributed by atoms with Gasteiger partial charge in [-0.05, 0) is 30.5 Å². The molecule has 0 aromatic heterocycles. The lowest BCUT2D eigenvalue weighted by Crippen LogP contribution is -2.21. The van der Waals surface area contributed by atoms with Gasteiger partial charge in [0.15, 0.2) is 0 Å². The van der Waals surface area contributed by atoms with Gasteiger partial charge in [0, 0.05) is 6.54 Å². The number of ether oxygens (including phenoxy) is 1. The monoisotopic (exact) mass is 195 g/mol. The summed E-state index contributed by atoms with van der Waals surface area (Å²) in [4.78, 5) is 0. The number of hydrogen-bond acceptors (Lipinski definition) is 3. The molecule has 1 rings (SSSR count). The molecule has 3 heteroatoms. The Balaban J connectivity index is 2.76. The molecule has 3 N–H and O–H groups in total. The van der Waals surface area contributed by atoms with E-state index in [1.54, 1.807) is 7.11 Å². The van der Waals surface area contributed by atoms with Crippen LogP contribution in [-0.2, 0) is 6.42 Å². The SMILES string of the molecule is COc1ccc(CC(O)CN)cc1C. The van der Waals surface area contributed by atoms with Gasteiger partial charge in [-0.1, -0.05) is 12.1 Å². The number of rotatable bonds is 4. The van der Waals surface area contributed by atoms with E-state index in [0.717, 1.165) is 16.9 Å². The van der Waals surface area contributed by atoms with Gasteiger partial charge in [0.2, 0.25) is 0 Å². The Morgan fingerprint density at radius 2 is 2.21 bits per heavy atom. The van der Waals surface area contributed by atoms with Crippen molar-refractivity contribution in [1.29, 1.82) is 0 Å². The summed E-state index contributed by atoms with van der Waals surface area (Å²) in [6, 6.07) is 5.87. The van der Waals surface area contributed by atoms with Crippen LogP contribution in [0, 0.1) is 6.92 Å². The highest BCUT2D eigenvalue weighted by Gasteiger charge is 2.04. The average Bonchev–Trinajstić information content (AvgIpc) is 2.18. The molecule has 1 aromatic rings. The van der Waals surface area contributed by atoms with Gasteiger partial charge in [-0.2, -0.15) is 0 Å². The number of aliphatic hydroxyl groups is 1. The van der Waals surface area contributed by atoms with Crippen molar-refractivity contribution in [2.45, 2.75) is 19.4 Å². The van der Waals surface area contributed by atoms with E-state index in [1.165, 1.54) is 0 Å². The van der Waals surface area contributed by atoms with Crippen LogP contribution in [0.2, 0.25) is 0 Å². The topological polar surface area (TPSA) is 55.5 Å². The quantitative estimate of drug-likeness (QED) is 0.749. The smallest absolute Gasteiger partial charge is 0.121 e. The largest absolute Gasteiger partial charge is 0.496 e. The molecule has 0 aliphatic heterocycles. The van der Waals surface area contributed by atoms with Gasteiger partial charge in [-0.3, -0.25) is 0 Å². The van der Waals surface area contributed by atoms with Gasteiger partial charge < -0.3 is 15.6 Å². The molecule has 1 atom stereocenters. The fraction of sp³-hybridized carbons (Fsp3) is 0.455. The van der Waals surface area contributed by atoms with Crippen molar-refractivity contribution in [3.63, 3.8) is 0 Å². The standard InChI is InChI=1S/C11H17NO2/c1-8-5-9(6-10(13)7-12)3-4-11(8)14-2/h3-5,10,13H,6-7,12H2,1-2H3. The predicted octanol–water partition coefficient (Wildman–Crippen LogP) is 0.866. The third-order valence-electron chi connectivity index (χ3n) is 2.20. The van der Waals surface area contributed by atoms with Crippen molar-refractivity contribution in [2.24, 2.45) is 5.73 Å². The van der Waals surface area contributed by atoms with Crippen LogP contribution < -0.4 is 10.5 Å². The Bertz CT molecular complexity index is 299. The number of benzene rings is 1. The number of nitrogens with two attached hydrogens (primary N) is 1. The number of aryl methyl sites for hydroxylation is 1. The van der Waals surface area contributed by atoms with Crippen molar-refractivity contribution in [3.8, 4) is 5.75 Å². The molecule has 0 spiro atoms. The van der Waals surface area contributed by atoms with Crippen LogP contribution in [0.3, 0.4) is 0 Å². The summed E-state index contributed by atoms with van der Waals surface area (Å²) in [5.41, 5.74) is 7.50. The third-order valence-corrected chi connectivity index (χ3v) is 2.20. The highest BCUT2D eigenvalue weighted by molar-refractivity contribution is 5.36. The summed E-state index contributed by atoms with van der Waals surface area (Å²) < 4.78 is 5.14. The molecule has 1 aromatic carbocycles. The zero-order valence-corrected chi connectivity index (χ0v) is 8.66. The first kappa shape index (κ1) is 11.0. The molecule has 0 fully saturated rings. The van der Waals surface area contributed by atoms with Gasteiger partial charge in [-0.15, -0.1) is 0 Å². The number of hydrogen-bond donors (Lipinski definition) is 2. The Morgan fingerprint density at radius 1 is 1.50 bits per heavy atom. The maximum absolute atomic E-state index is 9.37. The molecule has 0 saturated carbocycles. The zero-order valence-electron chi connectivity index (χ0n) is 8.66. The first-order valence-electron chi connectivity index (χ1n) is 4.69. The minimum atomic E-state index is -0.456. The van der Waals surface area contributed by atoms with Gasteiger partial charge in [-0.25, -0.2) is 0 Å². The Morgan fingerprint density at radius 3 is 2.71 bits per heavy atom. The first-order valence-corrected chi connectivity index (χ1v) is 4.69. The lowest BCUT2D eigenvalue weighted by Gasteiger charge is -2.10. The van der Waals surface area contributed by atoms with E-state index in [0.29, 0.717) is 13.0 Å². The normalized spacial score (nSPS) is 12.6. The summed E-state index contributed by atoms with van der Waals surface area (Å²) in [6.45, 7) is 2.28. The summed E-state index contributed by atoms with van der Waals surface area (Å²) in [7, 11) is 1.65. The highest BCUT2D eigenvalue weighted by atomic mass is 16.5. The molecule has 3 nitrogen and oxygen atoms in total. The molecule has 0 heterocycles. The summed E-state index contributed by atoms with van der Waals surface area (Å²) in [5.74, 6) is 0.871. The van der Waals surface area contributed by atoms with Gasteiger partial charge >= 0.3 is 0 Å². The van der Waals surface area contributed by atoms with Crippen LogP contribution >= 0.6 is 0 Å². The van der Waals surface area contributed by atoms with E-state index in [4.69, 9.17) is 10.5 Å². The molecule has 0 aliphatic carbocycles. The van der Waals surface area contributed by atoms with E-state index < -0.39 is 6.10 Å². The number of methoxy groups -OCH3 is 1. The second kappa shape index (κ2) is 4.98. The predicted molar refractivity (Wildman–Crippen MR) is 56.5 cm³/mol. The Labute approximate surface area is 84.5 Å². The zero-order chi connectivity index (χ0) is 10.6. The third kappa shape index (κ3) is 2.72. The molecule has 78 valence electrons. The Hall–Kier alpha value is -1.06. The fourth-order valence-corrected chi connectivity index (χ4v) is 1.42. The summed E-state index contributed by atoms with van der Waals surface area (Å²) in [5, 5.41) is 9.37. The van der Waals surface area contributed by atoms with Crippen molar-refractivity contribution in [2.75, 3.05) is 13.7 Å². The number of aliphatic hydroxyl groups excluding tert-OH is 1. The highest BCUT2D eigenvalue weighted by Crippen LogP contribution is 2.19. The van der Waals surface area contributed by atoms with Crippen LogP contribution in [0.4, 0.5) is 0 Å². The second-order valence-electron chi connectivity index (χ2n) is 3.40.